The van der Waals surface area contributed by atoms with Crippen molar-refractivity contribution in [2.45, 2.75) is 13.3 Å². The van der Waals surface area contributed by atoms with Crippen molar-refractivity contribution in [1.29, 1.82) is 0 Å². The molecule has 0 spiro atoms. The summed E-state index contributed by atoms with van der Waals surface area (Å²) in [6.07, 6.45) is 0.946. The van der Waals surface area contributed by atoms with Gasteiger partial charge < -0.3 is 24.4 Å². The molecule has 0 aromatic heterocycles. The predicted molar refractivity (Wildman–Crippen MR) is 111 cm³/mol. The summed E-state index contributed by atoms with van der Waals surface area (Å²) in [7, 11) is 1.33. The van der Waals surface area contributed by atoms with Gasteiger partial charge in [-0.3, -0.25) is 4.79 Å². The number of anilines is 2. The number of nitrogens with zero attached hydrogens (tertiary/aromatic N) is 1. The van der Waals surface area contributed by atoms with Gasteiger partial charge in [0.15, 0.2) is 6.61 Å². The summed E-state index contributed by atoms with van der Waals surface area (Å²) < 4.78 is 15.8. The Balaban J connectivity index is 1.71. The molecular weight excluding hydrogens is 372 g/mol. The Morgan fingerprint density at radius 2 is 1.83 bits per heavy atom. The average molecular weight is 398 g/mol. The van der Waals surface area contributed by atoms with Gasteiger partial charge in [-0.1, -0.05) is 19.1 Å². The third-order valence-electron chi connectivity index (χ3n) is 4.75. The normalized spacial score (nSPS) is 13.7. The van der Waals surface area contributed by atoms with Gasteiger partial charge in [0.05, 0.1) is 37.3 Å². The maximum Gasteiger partial charge on any atom is 0.337 e. The number of amides is 1. The molecule has 0 saturated carbocycles. The molecule has 1 fully saturated rings. The number of hydrogen-bond acceptors (Lipinski definition) is 6. The summed E-state index contributed by atoms with van der Waals surface area (Å²) in [6.45, 7) is 4.60. The predicted octanol–water partition coefficient (Wildman–Crippen LogP) is 2.89. The molecule has 1 saturated heterocycles. The SMILES string of the molecule is CCc1ccc(OCC(=O)Nc2cc(C(=O)OC)ccc2N2CCOCC2)cc1. The third-order valence-corrected chi connectivity index (χ3v) is 4.75. The quantitative estimate of drug-likeness (QED) is 0.723. The summed E-state index contributed by atoms with van der Waals surface area (Å²) in [5, 5.41) is 2.87. The van der Waals surface area contributed by atoms with E-state index >= 15 is 0 Å². The Morgan fingerprint density at radius 3 is 2.48 bits per heavy atom. The van der Waals surface area contributed by atoms with Gasteiger partial charge in [0, 0.05) is 13.1 Å². The van der Waals surface area contributed by atoms with Crippen LogP contribution in [-0.2, 0) is 20.7 Å². The molecule has 29 heavy (non-hydrogen) atoms. The van der Waals surface area contributed by atoms with Crippen molar-refractivity contribution in [2.24, 2.45) is 0 Å². The topological polar surface area (TPSA) is 77.1 Å². The fourth-order valence-electron chi connectivity index (χ4n) is 3.12. The summed E-state index contributed by atoms with van der Waals surface area (Å²) >= 11 is 0. The highest BCUT2D eigenvalue weighted by Crippen LogP contribution is 2.28. The first-order valence-electron chi connectivity index (χ1n) is 9.67. The van der Waals surface area contributed by atoms with Gasteiger partial charge in [-0.2, -0.15) is 0 Å². The van der Waals surface area contributed by atoms with E-state index < -0.39 is 5.97 Å². The number of hydrogen-bond donors (Lipinski definition) is 1. The number of esters is 1. The Kier molecular flexibility index (Phi) is 7.08. The van der Waals surface area contributed by atoms with Gasteiger partial charge in [-0.25, -0.2) is 4.79 Å². The number of morpholine rings is 1. The standard InChI is InChI=1S/C22H26N2O5/c1-3-16-4-7-18(8-5-16)29-15-21(25)23-19-14-17(22(26)27-2)6-9-20(19)24-10-12-28-13-11-24/h4-9,14H,3,10-13,15H2,1-2H3,(H,23,25). The number of methoxy groups -OCH3 is 1. The van der Waals surface area contributed by atoms with Crippen LogP contribution in [0.5, 0.6) is 5.75 Å². The molecule has 1 aliphatic rings. The molecule has 0 aliphatic carbocycles. The third kappa shape index (κ3) is 5.48. The minimum atomic E-state index is -0.457. The molecule has 1 heterocycles. The highest BCUT2D eigenvalue weighted by Gasteiger charge is 2.18. The fourth-order valence-corrected chi connectivity index (χ4v) is 3.12. The van der Waals surface area contributed by atoms with Crippen molar-refractivity contribution < 1.29 is 23.8 Å². The second-order valence-corrected chi connectivity index (χ2v) is 6.66. The maximum absolute atomic E-state index is 12.5. The van der Waals surface area contributed by atoms with Gasteiger partial charge in [0.2, 0.25) is 0 Å². The second kappa shape index (κ2) is 9.93. The highest BCUT2D eigenvalue weighted by atomic mass is 16.5. The van der Waals surface area contributed by atoms with Crippen molar-refractivity contribution >= 4 is 23.3 Å². The van der Waals surface area contributed by atoms with E-state index in [0.717, 1.165) is 12.1 Å². The number of aryl methyl sites for hydroxylation is 1. The van der Waals surface area contributed by atoms with Crippen LogP contribution in [0, 0.1) is 0 Å². The molecule has 2 aromatic carbocycles. The molecule has 0 atom stereocenters. The van der Waals surface area contributed by atoms with Crippen LogP contribution in [-0.4, -0.2) is 51.9 Å². The Labute approximate surface area is 170 Å². The first-order chi connectivity index (χ1) is 14.1. The summed E-state index contributed by atoms with van der Waals surface area (Å²) in [4.78, 5) is 26.5. The lowest BCUT2D eigenvalue weighted by atomic mass is 10.1. The lowest BCUT2D eigenvalue weighted by Crippen LogP contribution is -2.37. The van der Waals surface area contributed by atoms with E-state index in [1.807, 2.05) is 30.3 Å². The van der Waals surface area contributed by atoms with E-state index in [0.29, 0.717) is 43.3 Å². The van der Waals surface area contributed by atoms with Crippen LogP contribution in [0.1, 0.15) is 22.8 Å². The van der Waals surface area contributed by atoms with Crippen molar-refractivity contribution in [1.82, 2.24) is 0 Å². The minimum absolute atomic E-state index is 0.128. The lowest BCUT2D eigenvalue weighted by Gasteiger charge is -2.30. The monoisotopic (exact) mass is 398 g/mol. The molecule has 0 bridgehead atoms. The van der Waals surface area contributed by atoms with Crippen LogP contribution in [0.15, 0.2) is 42.5 Å². The summed E-state index contributed by atoms with van der Waals surface area (Å²) in [6, 6.07) is 12.8. The minimum Gasteiger partial charge on any atom is -0.484 e. The Hall–Kier alpha value is -3.06. The van der Waals surface area contributed by atoms with Gasteiger partial charge in [-0.05, 0) is 42.3 Å². The molecule has 1 amide bonds. The van der Waals surface area contributed by atoms with Crippen LogP contribution in [0.25, 0.3) is 0 Å². The summed E-state index contributed by atoms with van der Waals surface area (Å²) in [5.74, 6) is -0.128. The number of ether oxygens (including phenoxy) is 3. The van der Waals surface area contributed by atoms with Crippen LogP contribution in [0.2, 0.25) is 0 Å². The lowest BCUT2D eigenvalue weighted by molar-refractivity contribution is -0.118. The second-order valence-electron chi connectivity index (χ2n) is 6.66. The van der Waals surface area contributed by atoms with E-state index in [9.17, 15) is 9.59 Å². The number of rotatable bonds is 7. The Morgan fingerprint density at radius 1 is 1.10 bits per heavy atom. The van der Waals surface area contributed by atoms with Crippen LogP contribution < -0.4 is 15.0 Å². The molecule has 1 N–H and O–H groups in total. The van der Waals surface area contributed by atoms with E-state index in [-0.39, 0.29) is 12.5 Å². The molecule has 0 unspecified atom stereocenters. The molecule has 7 heteroatoms. The first kappa shape index (κ1) is 20.7. The van der Waals surface area contributed by atoms with Gasteiger partial charge >= 0.3 is 5.97 Å². The van der Waals surface area contributed by atoms with E-state index in [4.69, 9.17) is 14.2 Å². The molecule has 2 aromatic rings. The molecular formula is C22H26N2O5. The summed E-state index contributed by atoms with van der Waals surface area (Å²) in [5.41, 5.74) is 2.96. The molecule has 0 radical (unpaired) electrons. The number of carbonyl (C=O) groups excluding carboxylic acids is 2. The van der Waals surface area contributed by atoms with Crippen LogP contribution in [0.3, 0.4) is 0 Å². The largest absolute Gasteiger partial charge is 0.484 e. The zero-order valence-corrected chi connectivity index (χ0v) is 16.8. The zero-order chi connectivity index (χ0) is 20.6. The van der Waals surface area contributed by atoms with Gasteiger partial charge in [0.25, 0.3) is 5.91 Å². The molecule has 3 rings (SSSR count). The van der Waals surface area contributed by atoms with Crippen molar-refractivity contribution in [3.8, 4) is 5.75 Å². The van der Waals surface area contributed by atoms with Crippen molar-refractivity contribution in [3.05, 3.63) is 53.6 Å². The molecule has 1 aliphatic heterocycles. The number of carbonyl (C=O) groups is 2. The van der Waals surface area contributed by atoms with E-state index in [1.165, 1.54) is 12.7 Å². The van der Waals surface area contributed by atoms with Gasteiger partial charge in [-0.15, -0.1) is 0 Å². The van der Waals surface area contributed by atoms with Crippen LogP contribution >= 0.6 is 0 Å². The van der Waals surface area contributed by atoms with Gasteiger partial charge in [0.1, 0.15) is 5.75 Å². The van der Waals surface area contributed by atoms with E-state index in [2.05, 4.69) is 17.1 Å². The van der Waals surface area contributed by atoms with Crippen molar-refractivity contribution in [2.75, 3.05) is 50.2 Å². The Bertz CT molecular complexity index is 845. The zero-order valence-electron chi connectivity index (χ0n) is 16.8. The number of benzene rings is 2. The average Bonchev–Trinajstić information content (AvgIpc) is 2.78. The number of nitrogens with one attached hydrogen (secondary N) is 1. The first-order valence-corrected chi connectivity index (χ1v) is 9.67. The molecule has 154 valence electrons. The smallest absolute Gasteiger partial charge is 0.337 e. The van der Waals surface area contributed by atoms with Crippen molar-refractivity contribution in [3.63, 3.8) is 0 Å². The molecule has 7 nitrogen and oxygen atoms in total. The van der Waals surface area contributed by atoms with Crippen LogP contribution in [0.4, 0.5) is 11.4 Å². The fraction of sp³-hybridized carbons (Fsp3) is 0.364. The van der Waals surface area contributed by atoms with E-state index in [1.54, 1.807) is 12.1 Å². The maximum atomic E-state index is 12.5. The highest BCUT2D eigenvalue weighted by molar-refractivity contribution is 5.98.